The van der Waals surface area contributed by atoms with Gasteiger partial charge in [0.1, 0.15) is 0 Å². The van der Waals surface area contributed by atoms with Gasteiger partial charge < -0.3 is 30.6 Å². The minimum atomic E-state index is -2.10. The zero-order valence-electron chi connectivity index (χ0n) is 17.6. The molecule has 1 aliphatic rings. The first-order chi connectivity index (χ1) is 14.9. The first kappa shape index (κ1) is 24.8. The number of likely N-dealkylation sites (N-methyl/N-ethyl adjacent to an activating group) is 1. The highest BCUT2D eigenvalue weighted by Crippen LogP contribution is 2.48. The molecule has 1 aromatic carbocycles. The molecule has 1 fully saturated rings. The molecule has 0 radical (unpaired) electrons. The maximum Gasteiger partial charge on any atom is 0.309 e. The van der Waals surface area contributed by atoms with Crippen LogP contribution in [0.25, 0.3) is 0 Å². The Bertz CT molecular complexity index is 868. The van der Waals surface area contributed by atoms with Gasteiger partial charge in [-0.2, -0.15) is 0 Å². The molecule has 11 heteroatoms. The van der Waals surface area contributed by atoms with Gasteiger partial charge in [0.05, 0.1) is 36.3 Å². The number of hydrogen-bond acceptors (Lipinski definition) is 6. The standard InChI is InChI=1S/C21H26N2O9/c1-11-17(22-10-12-6-4-3-5-7-12)18(28)23(2)21(11,13(19(29)30)8-15(24)25)14(20(31)32)9-16(26)27/h3-7,11,13-14,17,22H,8-10H2,1-2H3,(H,24,25)(H,26,27)(H,29,30)(H,31,32). The first-order valence-electron chi connectivity index (χ1n) is 9.88. The fraction of sp³-hybridized carbons (Fsp3) is 0.476. The van der Waals surface area contributed by atoms with Crippen LogP contribution in [0.1, 0.15) is 25.3 Å². The molecule has 2 rings (SSSR count). The van der Waals surface area contributed by atoms with E-state index in [0.717, 1.165) is 10.5 Å². The summed E-state index contributed by atoms with van der Waals surface area (Å²) < 4.78 is 0. The van der Waals surface area contributed by atoms with Gasteiger partial charge in [-0.1, -0.05) is 37.3 Å². The highest BCUT2D eigenvalue weighted by molar-refractivity contribution is 5.91. The minimum absolute atomic E-state index is 0.207. The van der Waals surface area contributed by atoms with Gasteiger partial charge >= 0.3 is 23.9 Å². The van der Waals surface area contributed by atoms with Crippen molar-refractivity contribution in [1.82, 2.24) is 10.2 Å². The van der Waals surface area contributed by atoms with E-state index in [-0.39, 0.29) is 6.54 Å². The second-order valence-electron chi connectivity index (χ2n) is 7.89. The summed E-state index contributed by atoms with van der Waals surface area (Å²) in [5, 5.41) is 41.4. The number of aliphatic carboxylic acids is 4. The summed E-state index contributed by atoms with van der Waals surface area (Å²) in [6.07, 6.45) is -1.96. The zero-order valence-corrected chi connectivity index (χ0v) is 17.6. The number of nitrogens with zero attached hydrogens (tertiary/aromatic N) is 1. The molecule has 1 aliphatic heterocycles. The van der Waals surface area contributed by atoms with Crippen LogP contribution in [0.3, 0.4) is 0 Å². The highest BCUT2D eigenvalue weighted by Gasteiger charge is 2.66. The van der Waals surface area contributed by atoms with E-state index in [1.54, 1.807) is 30.3 Å². The number of amides is 1. The second-order valence-corrected chi connectivity index (χ2v) is 7.89. The van der Waals surface area contributed by atoms with E-state index in [0.29, 0.717) is 0 Å². The Labute approximate surface area is 183 Å². The predicted octanol–water partition coefficient (Wildman–Crippen LogP) is 0.343. The summed E-state index contributed by atoms with van der Waals surface area (Å²) in [4.78, 5) is 61.3. The average Bonchev–Trinajstić information content (AvgIpc) is 2.89. The van der Waals surface area contributed by atoms with Gasteiger partial charge in [-0.25, -0.2) is 0 Å². The molecule has 1 saturated heterocycles. The lowest BCUT2D eigenvalue weighted by Gasteiger charge is -2.47. The summed E-state index contributed by atoms with van der Waals surface area (Å²) in [5.41, 5.74) is -1.28. The van der Waals surface area contributed by atoms with Gasteiger partial charge in [-0.15, -0.1) is 0 Å². The van der Waals surface area contributed by atoms with Crippen LogP contribution in [0.4, 0.5) is 0 Å². The quantitative estimate of drug-likeness (QED) is 0.315. The van der Waals surface area contributed by atoms with Gasteiger partial charge in [-0.3, -0.25) is 24.0 Å². The van der Waals surface area contributed by atoms with Crippen LogP contribution in [0.5, 0.6) is 0 Å². The molecule has 5 N–H and O–H groups in total. The highest BCUT2D eigenvalue weighted by atomic mass is 16.4. The van der Waals surface area contributed by atoms with Crippen molar-refractivity contribution in [2.24, 2.45) is 17.8 Å². The van der Waals surface area contributed by atoms with Crippen LogP contribution < -0.4 is 5.32 Å². The number of carbonyl (C=O) groups is 5. The summed E-state index contributed by atoms with van der Waals surface area (Å²) in [6.45, 7) is 1.65. The van der Waals surface area contributed by atoms with Crippen molar-refractivity contribution < 1.29 is 44.4 Å². The molecule has 0 bridgehead atoms. The summed E-state index contributed by atoms with van der Waals surface area (Å²) in [5.74, 6) is -11.7. The number of benzene rings is 1. The molecule has 4 unspecified atom stereocenters. The Morgan fingerprint density at radius 3 is 1.84 bits per heavy atom. The van der Waals surface area contributed by atoms with Gasteiger partial charge in [0.2, 0.25) is 5.91 Å². The third kappa shape index (κ3) is 4.57. The molecule has 0 aromatic heterocycles. The van der Waals surface area contributed by atoms with Crippen molar-refractivity contribution in [2.75, 3.05) is 7.05 Å². The third-order valence-corrected chi connectivity index (χ3v) is 6.25. The maximum absolute atomic E-state index is 13.2. The van der Waals surface area contributed by atoms with Crippen molar-refractivity contribution in [3.63, 3.8) is 0 Å². The van der Waals surface area contributed by atoms with E-state index < -0.39 is 72.0 Å². The molecular weight excluding hydrogens is 424 g/mol. The van der Waals surface area contributed by atoms with Crippen molar-refractivity contribution >= 4 is 29.8 Å². The lowest BCUT2D eigenvalue weighted by molar-refractivity contribution is -0.169. The SMILES string of the molecule is CC1C(NCc2ccccc2)C(=O)N(C)C1(C(CC(=O)O)C(=O)O)C(CC(=O)O)C(=O)O. The fourth-order valence-corrected chi connectivity index (χ4v) is 4.87. The molecule has 11 nitrogen and oxygen atoms in total. The van der Waals surface area contributed by atoms with Crippen molar-refractivity contribution in [3.8, 4) is 0 Å². The van der Waals surface area contributed by atoms with Crippen LogP contribution in [0, 0.1) is 17.8 Å². The molecule has 4 atom stereocenters. The number of carbonyl (C=O) groups excluding carboxylic acids is 1. The Morgan fingerprint density at radius 1 is 0.969 bits per heavy atom. The van der Waals surface area contributed by atoms with E-state index >= 15 is 0 Å². The molecule has 1 aromatic rings. The summed E-state index contributed by atoms with van der Waals surface area (Å²) >= 11 is 0. The Balaban J connectivity index is 2.60. The number of carboxylic acids is 4. The maximum atomic E-state index is 13.2. The molecule has 174 valence electrons. The smallest absolute Gasteiger partial charge is 0.309 e. The van der Waals surface area contributed by atoms with E-state index in [4.69, 9.17) is 0 Å². The van der Waals surface area contributed by atoms with Crippen molar-refractivity contribution in [3.05, 3.63) is 35.9 Å². The number of nitrogens with one attached hydrogen (secondary N) is 1. The average molecular weight is 450 g/mol. The number of likely N-dealkylation sites (tertiary alicyclic amines) is 1. The lowest BCUT2D eigenvalue weighted by atomic mass is 9.64. The number of rotatable bonds is 11. The Morgan fingerprint density at radius 2 is 1.44 bits per heavy atom. The van der Waals surface area contributed by atoms with E-state index in [1.165, 1.54) is 14.0 Å². The minimum Gasteiger partial charge on any atom is -0.481 e. The van der Waals surface area contributed by atoms with E-state index in [1.807, 2.05) is 0 Å². The lowest BCUT2D eigenvalue weighted by Crippen LogP contribution is -2.62. The Kier molecular flexibility index (Phi) is 7.57. The van der Waals surface area contributed by atoms with Crippen molar-refractivity contribution in [2.45, 2.75) is 37.9 Å². The van der Waals surface area contributed by atoms with Crippen LogP contribution in [0.2, 0.25) is 0 Å². The predicted molar refractivity (Wildman–Crippen MR) is 108 cm³/mol. The molecule has 0 spiro atoms. The topological polar surface area (TPSA) is 182 Å². The summed E-state index contributed by atoms with van der Waals surface area (Å²) in [6, 6.07) is 7.92. The number of carboxylic acid groups (broad SMARTS) is 4. The monoisotopic (exact) mass is 450 g/mol. The molecule has 1 amide bonds. The van der Waals surface area contributed by atoms with Gasteiger partial charge in [-0.05, 0) is 5.56 Å². The van der Waals surface area contributed by atoms with Gasteiger partial charge in [0.15, 0.2) is 0 Å². The second kappa shape index (κ2) is 9.77. The Hall–Kier alpha value is -3.47. The van der Waals surface area contributed by atoms with Crippen LogP contribution >= 0.6 is 0 Å². The third-order valence-electron chi connectivity index (χ3n) is 6.25. The summed E-state index contributed by atoms with van der Waals surface area (Å²) in [7, 11) is 1.19. The van der Waals surface area contributed by atoms with Gasteiger partial charge in [0.25, 0.3) is 0 Å². The molecule has 32 heavy (non-hydrogen) atoms. The first-order valence-corrected chi connectivity index (χ1v) is 9.88. The molecule has 0 aliphatic carbocycles. The normalized spacial score (nSPS) is 24.7. The largest absolute Gasteiger partial charge is 0.481 e. The van der Waals surface area contributed by atoms with Gasteiger partial charge in [0, 0.05) is 19.5 Å². The molecule has 1 heterocycles. The van der Waals surface area contributed by atoms with Crippen LogP contribution in [0.15, 0.2) is 30.3 Å². The van der Waals surface area contributed by atoms with Crippen molar-refractivity contribution in [1.29, 1.82) is 0 Å². The van der Waals surface area contributed by atoms with E-state index in [2.05, 4.69) is 5.32 Å². The molecular formula is C21H26N2O9. The number of hydrogen-bond donors (Lipinski definition) is 5. The fourth-order valence-electron chi connectivity index (χ4n) is 4.87. The zero-order chi connectivity index (χ0) is 24.2. The van der Waals surface area contributed by atoms with Crippen LogP contribution in [-0.2, 0) is 30.5 Å². The van der Waals surface area contributed by atoms with Crippen LogP contribution in [-0.4, -0.2) is 73.7 Å². The molecule has 0 saturated carbocycles. The van der Waals surface area contributed by atoms with E-state index in [9.17, 15) is 44.4 Å².